The van der Waals surface area contributed by atoms with E-state index in [4.69, 9.17) is 5.73 Å². The van der Waals surface area contributed by atoms with Crippen molar-refractivity contribution in [3.63, 3.8) is 0 Å². The minimum absolute atomic E-state index is 0.0779. The lowest BCUT2D eigenvalue weighted by atomic mass is 10.2. The van der Waals surface area contributed by atoms with Gasteiger partial charge in [-0.05, 0) is 12.1 Å². The zero-order valence-electron chi connectivity index (χ0n) is 7.86. The van der Waals surface area contributed by atoms with Gasteiger partial charge in [-0.2, -0.15) is 0 Å². The fraction of sp³-hybridized carbons (Fsp3) is 0.300. The molecule has 1 aliphatic heterocycles. The van der Waals surface area contributed by atoms with Crippen molar-refractivity contribution in [1.29, 1.82) is 0 Å². The second kappa shape index (κ2) is 3.67. The van der Waals surface area contributed by atoms with E-state index in [1.54, 1.807) is 4.90 Å². The second-order valence-corrected chi connectivity index (χ2v) is 3.28. The number of anilines is 2. The minimum atomic E-state index is 0.0779. The van der Waals surface area contributed by atoms with Crippen LogP contribution in [0, 0.1) is 0 Å². The first-order chi connectivity index (χ1) is 6.79. The van der Waals surface area contributed by atoms with Crippen molar-refractivity contribution in [2.24, 2.45) is 0 Å². The van der Waals surface area contributed by atoms with Crippen LogP contribution in [0.4, 0.5) is 11.4 Å². The first kappa shape index (κ1) is 9.02. The van der Waals surface area contributed by atoms with Gasteiger partial charge in [0.1, 0.15) is 0 Å². The minimum Gasteiger partial charge on any atom is -0.397 e. The van der Waals surface area contributed by atoms with Crippen LogP contribution in [0.15, 0.2) is 24.3 Å². The highest BCUT2D eigenvalue weighted by atomic mass is 16.2. The SMILES string of the molecule is Nc1ccccc1N1CCNCC1=O. The normalized spacial score (nSPS) is 17.1. The predicted molar refractivity (Wildman–Crippen MR) is 56.1 cm³/mol. The van der Waals surface area contributed by atoms with Gasteiger partial charge in [-0.15, -0.1) is 0 Å². The Morgan fingerprint density at radius 2 is 2.14 bits per heavy atom. The summed E-state index contributed by atoms with van der Waals surface area (Å²) in [5, 5.41) is 3.02. The fourth-order valence-corrected chi connectivity index (χ4v) is 1.59. The molecule has 0 saturated carbocycles. The van der Waals surface area contributed by atoms with Crippen LogP contribution in [0.3, 0.4) is 0 Å². The number of nitrogens with one attached hydrogen (secondary N) is 1. The van der Waals surface area contributed by atoms with E-state index in [2.05, 4.69) is 5.32 Å². The molecule has 0 aliphatic carbocycles. The van der Waals surface area contributed by atoms with Gasteiger partial charge in [0.05, 0.1) is 17.9 Å². The van der Waals surface area contributed by atoms with E-state index in [0.29, 0.717) is 18.8 Å². The molecule has 1 heterocycles. The van der Waals surface area contributed by atoms with Gasteiger partial charge >= 0.3 is 0 Å². The molecule has 0 atom stereocenters. The lowest BCUT2D eigenvalue weighted by Crippen LogP contribution is -2.48. The molecule has 1 aromatic rings. The highest BCUT2D eigenvalue weighted by Crippen LogP contribution is 2.22. The highest BCUT2D eigenvalue weighted by molar-refractivity contribution is 5.98. The van der Waals surface area contributed by atoms with Crippen molar-refractivity contribution in [3.05, 3.63) is 24.3 Å². The Hall–Kier alpha value is -1.55. The van der Waals surface area contributed by atoms with Crippen LogP contribution in [-0.2, 0) is 4.79 Å². The van der Waals surface area contributed by atoms with Crippen molar-refractivity contribution in [1.82, 2.24) is 5.32 Å². The summed E-state index contributed by atoms with van der Waals surface area (Å²) in [6.45, 7) is 1.90. The number of rotatable bonds is 1. The molecule has 4 nitrogen and oxygen atoms in total. The number of nitrogens with two attached hydrogens (primary N) is 1. The maximum atomic E-state index is 11.6. The Bertz CT molecular complexity index is 351. The van der Waals surface area contributed by atoms with Gasteiger partial charge in [-0.25, -0.2) is 0 Å². The topological polar surface area (TPSA) is 58.4 Å². The summed E-state index contributed by atoms with van der Waals surface area (Å²) in [6, 6.07) is 7.44. The molecule has 0 unspecified atom stereocenters. The van der Waals surface area contributed by atoms with Crippen LogP contribution in [-0.4, -0.2) is 25.5 Å². The standard InChI is InChI=1S/C10H13N3O/c11-8-3-1-2-4-9(8)13-6-5-12-7-10(13)14/h1-4,12H,5-7,11H2. The van der Waals surface area contributed by atoms with Crippen LogP contribution in [0.1, 0.15) is 0 Å². The number of para-hydroxylation sites is 2. The van der Waals surface area contributed by atoms with E-state index in [9.17, 15) is 4.79 Å². The van der Waals surface area contributed by atoms with E-state index in [-0.39, 0.29) is 5.91 Å². The van der Waals surface area contributed by atoms with Crippen molar-refractivity contribution in [2.75, 3.05) is 30.3 Å². The number of nitrogen functional groups attached to an aromatic ring is 1. The van der Waals surface area contributed by atoms with Crippen LogP contribution in [0.25, 0.3) is 0 Å². The molecule has 1 amide bonds. The van der Waals surface area contributed by atoms with Crippen molar-refractivity contribution in [3.8, 4) is 0 Å². The van der Waals surface area contributed by atoms with E-state index in [1.807, 2.05) is 24.3 Å². The monoisotopic (exact) mass is 191 g/mol. The molecule has 0 radical (unpaired) electrons. The Labute approximate surface area is 82.7 Å². The third-order valence-electron chi connectivity index (χ3n) is 2.32. The lowest BCUT2D eigenvalue weighted by molar-refractivity contribution is -0.118. The number of hydrogen-bond acceptors (Lipinski definition) is 3. The molecule has 1 fully saturated rings. The molecule has 3 N–H and O–H groups in total. The van der Waals surface area contributed by atoms with Crippen LogP contribution in [0.5, 0.6) is 0 Å². The molecule has 1 saturated heterocycles. The summed E-state index contributed by atoms with van der Waals surface area (Å²) < 4.78 is 0. The number of carbonyl (C=O) groups is 1. The zero-order valence-corrected chi connectivity index (χ0v) is 7.86. The number of benzene rings is 1. The van der Waals surface area contributed by atoms with Gasteiger partial charge in [0.2, 0.25) is 5.91 Å². The lowest BCUT2D eigenvalue weighted by Gasteiger charge is -2.28. The highest BCUT2D eigenvalue weighted by Gasteiger charge is 2.20. The fourth-order valence-electron chi connectivity index (χ4n) is 1.59. The molecule has 0 spiro atoms. The number of carbonyl (C=O) groups excluding carboxylic acids is 1. The van der Waals surface area contributed by atoms with Gasteiger partial charge < -0.3 is 16.0 Å². The Morgan fingerprint density at radius 1 is 1.36 bits per heavy atom. The molecule has 1 aliphatic rings. The third kappa shape index (κ3) is 1.56. The first-order valence-corrected chi connectivity index (χ1v) is 4.64. The number of hydrogen-bond donors (Lipinski definition) is 2. The zero-order chi connectivity index (χ0) is 9.97. The quantitative estimate of drug-likeness (QED) is 0.624. The number of piperazine rings is 1. The molecule has 0 aromatic heterocycles. The summed E-state index contributed by atoms with van der Waals surface area (Å²) in [6.07, 6.45) is 0. The Balaban J connectivity index is 2.29. The molecule has 14 heavy (non-hydrogen) atoms. The number of nitrogens with zero attached hydrogens (tertiary/aromatic N) is 1. The average Bonchev–Trinajstić information content (AvgIpc) is 2.20. The molecule has 2 rings (SSSR count). The van der Waals surface area contributed by atoms with Gasteiger partial charge in [0.15, 0.2) is 0 Å². The summed E-state index contributed by atoms with van der Waals surface area (Å²) in [7, 11) is 0. The molecule has 0 bridgehead atoms. The van der Waals surface area contributed by atoms with E-state index < -0.39 is 0 Å². The summed E-state index contributed by atoms with van der Waals surface area (Å²) in [4.78, 5) is 13.3. The molecule has 1 aromatic carbocycles. The van der Waals surface area contributed by atoms with Gasteiger partial charge in [-0.1, -0.05) is 12.1 Å². The maximum absolute atomic E-state index is 11.6. The van der Waals surface area contributed by atoms with Crippen molar-refractivity contribution >= 4 is 17.3 Å². The van der Waals surface area contributed by atoms with Crippen molar-refractivity contribution < 1.29 is 4.79 Å². The van der Waals surface area contributed by atoms with Gasteiger partial charge in [0.25, 0.3) is 0 Å². The van der Waals surface area contributed by atoms with Crippen LogP contribution in [0.2, 0.25) is 0 Å². The Kier molecular flexibility index (Phi) is 2.37. The van der Waals surface area contributed by atoms with Crippen LogP contribution >= 0.6 is 0 Å². The average molecular weight is 191 g/mol. The largest absolute Gasteiger partial charge is 0.397 e. The molecule has 4 heteroatoms. The Morgan fingerprint density at radius 3 is 2.86 bits per heavy atom. The van der Waals surface area contributed by atoms with Gasteiger partial charge in [0, 0.05) is 13.1 Å². The third-order valence-corrected chi connectivity index (χ3v) is 2.32. The van der Waals surface area contributed by atoms with E-state index in [0.717, 1.165) is 12.2 Å². The summed E-state index contributed by atoms with van der Waals surface area (Å²) in [5.74, 6) is 0.0779. The smallest absolute Gasteiger partial charge is 0.241 e. The second-order valence-electron chi connectivity index (χ2n) is 3.28. The molecular weight excluding hydrogens is 178 g/mol. The van der Waals surface area contributed by atoms with Crippen LogP contribution < -0.4 is 16.0 Å². The first-order valence-electron chi connectivity index (χ1n) is 4.64. The summed E-state index contributed by atoms with van der Waals surface area (Å²) >= 11 is 0. The predicted octanol–water partition coefficient (Wildman–Crippen LogP) is 0.205. The van der Waals surface area contributed by atoms with E-state index >= 15 is 0 Å². The van der Waals surface area contributed by atoms with Crippen molar-refractivity contribution in [2.45, 2.75) is 0 Å². The molecule has 74 valence electrons. The number of amides is 1. The summed E-state index contributed by atoms with van der Waals surface area (Å²) in [5.41, 5.74) is 7.27. The van der Waals surface area contributed by atoms with Gasteiger partial charge in [-0.3, -0.25) is 4.79 Å². The molecular formula is C10H13N3O. The maximum Gasteiger partial charge on any atom is 0.241 e. The van der Waals surface area contributed by atoms with E-state index in [1.165, 1.54) is 0 Å².